The molecule has 3 atom stereocenters. The van der Waals surface area contributed by atoms with Gasteiger partial charge in [0.1, 0.15) is 0 Å². The summed E-state index contributed by atoms with van der Waals surface area (Å²) in [5.74, 6) is 1.54. The number of aryl methyl sites for hydroxylation is 1. The molecule has 1 aromatic heterocycles. The van der Waals surface area contributed by atoms with E-state index in [2.05, 4.69) is 22.6 Å². The van der Waals surface area contributed by atoms with Crippen LogP contribution >= 0.6 is 0 Å². The molecule has 3 heterocycles. The number of aromatic nitrogens is 1. The molecule has 3 heteroatoms. The molecule has 0 aromatic carbocycles. The maximum absolute atomic E-state index is 5.18. The zero-order valence-corrected chi connectivity index (χ0v) is 9.65. The van der Waals surface area contributed by atoms with E-state index in [0.29, 0.717) is 12.0 Å². The Bertz CT molecular complexity index is 396. The third kappa shape index (κ3) is 1.92. The van der Waals surface area contributed by atoms with Crippen LogP contribution in [0.2, 0.25) is 0 Å². The quantitative estimate of drug-likeness (QED) is 0.829. The fourth-order valence-electron chi connectivity index (χ4n) is 2.92. The van der Waals surface area contributed by atoms with E-state index >= 15 is 0 Å². The first-order valence-corrected chi connectivity index (χ1v) is 6.19. The van der Waals surface area contributed by atoms with Crippen LogP contribution in [0.4, 0.5) is 0 Å². The number of fused-ring (bicyclic) bond motifs is 2. The van der Waals surface area contributed by atoms with Gasteiger partial charge in [0.25, 0.3) is 0 Å². The Labute approximate surface area is 95.9 Å². The van der Waals surface area contributed by atoms with Crippen molar-refractivity contribution < 1.29 is 4.52 Å². The molecule has 3 nitrogen and oxygen atoms in total. The smallest absolute Gasteiger partial charge is 0.159 e. The number of rotatable bonds is 2. The molecule has 1 aromatic rings. The van der Waals surface area contributed by atoms with Crippen LogP contribution in [0.25, 0.3) is 6.08 Å². The number of hydrogen-bond acceptors (Lipinski definition) is 3. The molecule has 2 aliphatic heterocycles. The summed E-state index contributed by atoms with van der Waals surface area (Å²) in [6.45, 7) is 1.95. The van der Waals surface area contributed by atoms with E-state index in [-0.39, 0.29) is 0 Å². The first kappa shape index (κ1) is 10.1. The second-order valence-corrected chi connectivity index (χ2v) is 5.02. The minimum atomic E-state index is 0.671. The van der Waals surface area contributed by atoms with Crippen molar-refractivity contribution in [1.82, 2.24) is 10.5 Å². The van der Waals surface area contributed by atoms with Crippen molar-refractivity contribution in [2.24, 2.45) is 5.92 Å². The maximum Gasteiger partial charge on any atom is 0.159 e. The van der Waals surface area contributed by atoms with E-state index in [4.69, 9.17) is 4.52 Å². The van der Waals surface area contributed by atoms with Crippen molar-refractivity contribution >= 4 is 6.08 Å². The molecule has 16 heavy (non-hydrogen) atoms. The molecule has 0 aliphatic carbocycles. The van der Waals surface area contributed by atoms with Crippen molar-refractivity contribution in [3.05, 3.63) is 23.6 Å². The summed E-state index contributed by atoms with van der Waals surface area (Å²) >= 11 is 0. The standard InChI is InChI=1S/C13H18N2O/c1-9-8-12(16-15-9)6-3-10-2-4-11-5-7-13(10)14-11/h3,6,8,10-11,13-14H,2,4-5,7H2,1H3. The number of hydrogen-bond donors (Lipinski definition) is 1. The lowest BCUT2D eigenvalue weighted by Crippen LogP contribution is -2.39. The van der Waals surface area contributed by atoms with Crippen LogP contribution in [-0.2, 0) is 0 Å². The monoisotopic (exact) mass is 218 g/mol. The topological polar surface area (TPSA) is 38.1 Å². The molecule has 3 rings (SSSR count). The second kappa shape index (κ2) is 4.06. The molecule has 2 saturated heterocycles. The van der Waals surface area contributed by atoms with Gasteiger partial charge in [-0.25, -0.2) is 0 Å². The van der Waals surface area contributed by atoms with Gasteiger partial charge in [0.2, 0.25) is 0 Å². The van der Waals surface area contributed by atoms with E-state index in [1.807, 2.05) is 13.0 Å². The fourth-order valence-corrected chi connectivity index (χ4v) is 2.92. The Morgan fingerprint density at radius 2 is 2.25 bits per heavy atom. The molecule has 0 amide bonds. The van der Waals surface area contributed by atoms with E-state index in [0.717, 1.165) is 17.5 Å². The number of piperidine rings is 1. The molecule has 3 unspecified atom stereocenters. The van der Waals surface area contributed by atoms with Gasteiger partial charge >= 0.3 is 0 Å². The Kier molecular flexibility index (Phi) is 2.56. The molecular formula is C13H18N2O. The second-order valence-electron chi connectivity index (χ2n) is 5.02. The zero-order valence-electron chi connectivity index (χ0n) is 9.65. The molecule has 2 aliphatic rings. The average Bonchev–Trinajstić information content (AvgIpc) is 2.86. The molecule has 2 fully saturated rings. The van der Waals surface area contributed by atoms with Gasteiger partial charge in [0.05, 0.1) is 5.69 Å². The highest BCUT2D eigenvalue weighted by Gasteiger charge is 2.33. The van der Waals surface area contributed by atoms with Gasteiger partial charge < -0.3 is 9.84 Å². The van der Waals surface area contributed by atoms with Gasteiger partial charge in [-0.15, -0.1) is 0 Å². The minimum absolute atomic E-state index is 0.671. The van der Waals surface area contributed by atoms with Gasteiger partial charge in [-0.3, -0.25) is 0 Å². The zero-order chi connectivity index (χ0) is 11.0. The summed E-state index contributed by atoms with van der Waals surface area (Å²) in [5, 5.41) is 7.57. The fraction of sp³-hybridized carbons (Fsp3) is 0.615. The molecule has 0 radical (unpaired) electrons. The minimum Gasteiger partial charge on any atom is -0.357 e. The Balaban J connectivity index is 1.67. The lowest BCUT2D eigenvalue weighted by Gasteiger charge is -2.27. The van der Waals surface area contributed by atoms with Crippen LogP contribution in [0.15, 0.2) is 16.7 Å². The van der Waals surface area contributed by atoms with Crippen molar-refractivity contribution in [3.63, 3.8) is 0 Å². The van der Waals surface area contributed by atoms with E-state index in [9.17, 15) is 0 Å². The molecule has 0 spiro atoms. The van der Waals surface area contributed by atoms with Gasteiger partial charge in [-0.05, 0) is 44.6 Å². The molecule has 86 valence electrons. The van der Waals surface area contributed by atoms with Crippen molar-refractivity contribution in [3.8, 4) is 0 Å². The Morgan fingerprint density at radius 3 is 3.06 bits per heavy atom. The molecule has 2 bridgehead atoms. The van der Waals surface area contributed by atoms with Crippen molar-refractivity contribution in [1.29, 1.82) is 0 Å². The van der Waals surface area contributed by atoms with Gasteiger partial charge in [0, 0.05) is 18.2 Å². The third-order valence-electron chi connectivity index (χ3n) is 3.80. The normalized spacial score (nSPS) is 33.7. The van der Waals surface area contributed by atoms with Crippen molar-refractivity contribution in [2.45, 2.75) is 44.7 Å². The molecular weight excluding hydrogens is 200 g/mol. The van der Waals surface area contributed by atoms with Crippen LogP contribution in [0.3, 0.4) is 0 Å². The molecule has 1 N–H and O–H groups in total. The van der Waals surface area contributed by atoms with Crippen LogP contribution in [0.1, 0.15) is 37.1 Å². The van der Waals surface area contributed by atoms with Crippen LogP contribution in [0, 0.1) is 12.8 Å². The van der Waals surface area contributed by atoms with Crippen LogP contribution in [0.5, 0.6) is 0 Å². The summed E-state index contributed by atoms with van der Waals surface area (Å²) in [6.07, 6.45) is 9.68. The Hall–Kier alpha value is -1.09. The van der Waals surface area contributed by atoms with Gasteiger partial charge in [0.15, 0.2) is 5.76 Å². The van der Waals surface area contributed by atoms with Crippen LogP contribution < -0.4 is 5.32 Å². The van der Waals surface area contributed by atoms with Crippen LogP contribution in [-0.4, -0.2) is 17.2 Å². The lowest BCUT2D eigenvalue weighted by atomic mass is 9.91. The van der Waals surface area contributed by atoms with E-state index in [1.165, 1.54) is 25.7 Å². The predicted molar refractivity (Wildman–Crippen MR) is 62.9 cm³/mol. The summed E-state index contributed by atoms with van der Waals surface area (Å²) in [4.78, 5) is 0. The third-order valence-corrected chi connectivity index (χ3v) is 3.80. The number of nitrogens with zero attached hydrogens (tertiary/aromatic N) is 1. The molecule has 0 saturated carbocycles. The predicted octanol–water partition coefficient (Wildman–Crippen LogP) is 2.53. The summed E-state index contributed by atoms with van der Waals surface area (Å²) in [6, 6.07) is 3.46. The maximum atomic E-state index is 5.18. The van der Waals surface area contributed by atoms with Crippen molar-refractivity contribution in [2.75, 3.05) is 0 Å². The summed E-state index contributed by atoms with van der Waals surface area (Å²) in [5.41, 5.74) is 0.947. The highest BCUT2D eigenvalue weighted by atomic mass is 16.5. The number of nitrogens with one attached hydrogen (secondary N) is 1. The summed E-state index contributed by atoms with van der Waals surface area (Å²) in [7, 11) is 0. The highest BCUT2D eigenvalue weighted by molar-refractivity contribution is 5.43. The van der Waals surface area contributed by atoms with E-state index < -0.39 is 0 Å². The lowest BCUT2D eigenvalue weighted by molar-refractivity contribution is 0.338. The highest BCUT2D eigenvalue weighted by Crippen LogP contribution is 2.32. The largest absolute Gasteiger partial charge is 0.357 e. The van der Waals surface area contributed by atoms with E-state index in [1.54, 1.807) is 0 Å². The average molecular weight is 218 g/mol. The summed E-state index contributed by atoms with van der Waals surface area (Å²) < 4.78 is 5.18. The first-order chi connectivity index (χ1) is 7.81. The first-order valence-electron chi connectivity index (χ1n) is 6.19. The Morgan fingerprint density at radius 1 is 1.38 bits per heavy atom. The SMILES string of the molecule is Cc1cc(C=CC2CCC3CCC2N3)on1. The van der Waals surface area contributed by atoms with Gasteiger partial charge in [-0.2, -0.15) is 0 Å². The van der Waals surface area contributed by atoms with Gasteiger partial charge in [-0.1, -0.05) is 11.2 Å².